The van der Waals surface area contributed by atoms with Crippen LogP contribution in [0.1, 0.15) is 24.8 Å². The molecule has 0 bridgehead atoms. The average molecular weight is 236 g/mol. The van der Waals surface area contributed by atoms with Crippen LogP contribution in [0.3, 0.4) is 0 Å². The highest BCUT2D eigenvalue weighted by atomic mass is 19.2. The normalized spacial score (nSPS) is 17.1. The molecule has 0 aromatic heterocycles. The van der Waals surface area contributed by atoms with E-state index in [0.29, 0.717) is 5.56 Å². The van der Waals surface area contributed by atoms with Crippen LogP contribution in [0.25, 0.3) is 0 Å². The van der Waals surface area contributed by atoms with Crippen LogP contribution in [-0.2, 0) is 5.41 Å². The highest BCUT2D eigenvalue weighted by Crippen LogP contribution is 2.47. The molecule has 1 aliphatic rings. The predicted molar refractivity (Wildman–Crippen MR) is 61.8 cm³/mol. The monoisotopic (exact) mass is 236 g/mol. The maximum absolute atomic E-state index is 13.8. The molecular formula is C13H14F2N2. The molecule has 0 saturated heterocycles. The lowest BCUT2D eigenvalue weighted by Gasteiger charge is -2.38. The first-order valence-corrected chi connectivity index (χ1v) is 5.59. The molecule has 1 aromatic carbocycles. The van der Waals surface area contributed by atoms with Gasteiger partial charge in [0, 0.05) is 14.1 Å². The zero-order valence-electron chi connectivity index (χ0n) is 9.93. The van der Waals surface area contributed by atoms with Gasteiger partial charge in [0.1, 0.15) is 0 Å². The van der Waals surface area contributed by atoms with Gasteiger partial charge in [0.05, 0.1) is 17.2 Å². The van der Waals surface area contributed by atoms with Crippen molar-refractivity contribution in [2.24, 2.45) is 0 Å². The summed E-state index contributed by atoms with van der Waals surface area (Å²) in [4.78, 5) is 1.53. The van der Waals surface area contributed by atoms with Crippen molar-refractivity contribution in [1.82, 2.24) is 0 Å². The summed E-state index contributed by atoms with van der Waals surface area (Å²) in [5.41, 5.74) is 0.176. The molecule has 4 heteroatoms. The number of benzene rings is 1. The van der Waals surface area contributed by atoms with Gasteiger partial charge >= 0.3 is 0 Å². The standard InChI is InChI=1S/C13H14F2N2/c1-17(2)12-9(4-5-10(14)11(12)15)13(8-16)6-3-7-13/h4-5H,3,6-7H2,1-2H3. The second-order valence-corrected chi connectivity index (χ2v) is 4.70. The van der Waals surface area contributed by atoms with Gasteiger partial charge in [0.2, 0.25) is 0 Å². The summed E-state index contributed by atoms with van der Waals surface area (Å²) in [6.07, 6.45) is 2.39. The summed E-state index contributed by atoms with van der Waals surface area (Å²) < 4.78 is 27.1. The van der Waals surface area contributed by atoms with E-state index in [2.05, 4.69) is 6.07 Å². The van der Waals surface area contributed by atoms with Gasteiger partial charge in [-0.05, 0) is 30.9 Å². The van der Waals surface area contributed by atoms with Gasteiger partial charge < -0.3 is 4.90 Å². The highest BCUT2D eigenvalue weighted by Gasteiger charge is 2.42. The van der Waals surface area contributed by atoms with E-state index < -0.39 is 17.0 Å². The number of hydrogen-bond donors (Lipinski definition) is 0. The Morgan fingerprint density at radius 1 is 1.29 bits per heavy atom. The molecule has 0 heterocycles. The lowest BCUT2D eigenvalue weighted by atomic mass is 9.65. The second-order valence-electron chi connectivity index (χ2n) is 4.70. The van der Waals surface area contributed by atoms with Crippen molar-refractivity contribution in [3.8, 4) is 6.07 Å². The zero-order valence-corrected chi connectivity index (χ0v) is 9.93. The molecule has 0 amide bonds. The van der Waals surface area contributed by atoms with Gasteiger partial charge in [-0.15, -0.1) is 0 Å². The quantitative estimate of drug-likeness (QED) is 0.789. The van der Waals surface area contributed by atoms with Crippen LogP contribution < -0.4 is 4.90 Å². The Balaban J connectivity index is 2.62. The first-order valence-electron chi connectivity index (χ1n) is 5.59. The van der Waals surface area contributed by atoms with E-state index in [1.54, 1.807) is 14.1 Å². The summed E-state index contributed by atoms with van der Waals surface area (Å²) in [5, 5.41) is 9.27. The van der Waals surface area contributed by atoms with Crippen LogP contribution in [0.5, 0.6) is 0 Å². The molecule has 0 atom stereocenters. The molecule has 0 aliphatic heterocycles. The number of hydrogen-bond acceptors (Lipinski definition) is 2. The van der Waals surface area contributed by atoms with Crippen molar-refractivity contribution in [3.05, 3.63) is 29.3 Å². The zero-order chi connectivity index (χ0) is 12.6. The summed E-state index contributed by atoms with van der Waals surface area (Å²) in [6.45, 7) is 0. The number of nitrogens with zero attached hydrogens (tertiary/aromatic N) is 2. The number of rotatable bonds is 2. The Kier molecular flexibility index (Phi) is 2.78. The van der Waals surface area contributed by atoms with E-state index >= 15 is 0 Å². The third-order valence-electron chi connectivity index (χ3n) is 3.45. The minimum atomic E-state index is -0.870. The van der Waals surface area contributed by atoms with Crippen LogP contribution in [0.2, 0.25) is 0 Å². The number of halogens is 2. The fourth-order valence-corrected chi connectivity index (χ4v) is 2.34. The molecule has 17 heavy (non-hydrogen) atoms. The van der Waals surface area contributed by atoms with E-state index in [4.69, 9.17) is 0 Å². The molecule has 1 aromatic rings. The molecule has 0 unspecified atom stereocenters. The van der Waals surface area contributed by atoms with Crippen molar-refractivity contribution in [3.63, 3.8) is 0 Å². The van der Waals surface area contributed by atoms with Crippen LogP contribution in [0, 0.1) is 23.0 Å². The predicted octanol–water partition coefficient (Wildman–Crippen LogP) is 2.98. The van der Waals surface area contributed by atoms with Crippen molar-refractivity contribution in [1.29, 1.82) is 5.26 Å². The largest absolute Gasteiger partial charge is 0.375 e. The van der Waals surface area contributed by atoms with Crippen LogP contribution >= 0.6 is 0 Å². The van der Waals surface area contributed by atoms with Crippen molar-refractivity contribution >= 4 is 5.69 Å². The molecule has 0 N–H and O–H groups in total. The molecule has 2 rings (SSSR count). The van der Waals surface area contributed by atoms with Gasteiger partial charge in [-0.3, -0.25) is 0 Å². The Hall–Kier alpha value is -1.63. The third kappa shape index (κ3) is 1.66. The Morgan fingerprint density at radius 3 is 2.35 bits per heavy atom. The van der Waals surface area contributed by atoms with Gasteiger partial charge in [0.25, 0.3) is 0 Å². The van der Waals surface area contributed by atoms with Crippen molar-refractivity contribution < 1.29 is 8.78 Å². The molecule has 0 radical (unpaired) electrons. The number of anilines is 1. The van der Waals surface area contributed by atoms with Crippen molar-refractivity contribution in [2.45, 2.75) is 24.7 Å². The maximum Gasteiger partial charge on any atom is 0.182 e. The van der Waals surface area contributed by atoms with Gasteiger partial charge in [-0.1, -0.05) is 6.07 Å². The van der Waals surface area contributed by atoms with E-state index in [1.807, 2.05) is 0 Å². The Morgan fingerprint density at radius 2 is 1.94 bits per heavy atom. The highest BCUT2D eigenvalue weighted by molar-refractivity contribution is 5.60. The molecule has 2 nitrogen and oxygen atoms in total. The molecule has 1 fully saturated rings. The lowest BCUT2D eigenvalue weighted by Crippen LogP contribution is -2.34. The van der Waals surface area contributed by atoms with E-state index in [-0.39, 0.29) is 5.69 Å². The minimum Gasteiger partial charge on any atom is -0.375 e. The van der Waals surface area contributed by atoms with Crippen LogP contribution in [0.15, 0.2) is 12.1 Å². The van der Waals surface area contributed by atoms with Gasteiger partial charge in [-0.25, -0.2) is 8.78 Å². The first-order chi connectivity index (χ1) is 8.02. The minimum absolute atomic E-state index is 0.200. The number of nitriles is 1. The smallest absolute Gasteiger partial charge is 0.182 e. The molecule has 1 aliphatic carbocycles. The van der Waals surface area contributed by atoms with Gasteiger partial charge in [-0.2, -0.15) is 5.26 Å². The second kappa shape index (κ2) is 3.99. The fraction of sp³-hybridized carbons (Fsp3) is 0.462. The summed E-state index contributed by atoms with van der Waals surface area (Å²) in [7, 11) is 3.32. The maximum atomic E-state index is 13.8. The summed E-state index contributed by atoms with van der Waals surface area (Å²) >= 11 is 0. The summed E-state index contributed by atoms with van der Waals surface area (Å²) in [6, 6.07) is 4.90. The lowest BCUT2D eigenvalue weighted by molar-refractivity contribution is 0.322. The van der Waals surface area contributed by atoms with Crippen LogP contribution in [-0.4, -0.2) is 14.1 Å². The SMILES string of the molecule is CN(C)c1c(C2(C#N)CCC2)ccc(F)c1F. The van der Waals surface area contributed by atoms with E-state index in [1.165, 1.54) is 11.0 Å². The Labute approximate surface area is 99.5 Å². The van der Waals surface area contributed by atoms with E-state index in [0.717, 1.165) is 25.3 Å². The van der Waals surface area contributed by atoms with Gasteiger partial charge in [0.15, 0.2) is 11.6 Å². The average Bonchev–Trinajstić information content (AvgIpc) is 2.22. The molecule has 90 valence electrons. The third-order valence-corrected chi connectivity index (χ3v) is 3.45. The first kappa shape index (κ1) is 11.8. The molecular weight excluding hydrogens is 222 g/mol. The summed E-state index contributed by atoms with van der Waals surface area (Å²) in [5.74, 6) is -1.74. The molecule has 0 spiro atoms. The molecule has 1 saturated carbocycles. The van der Waals surface area contributed by atoms with Crippen molar-refractivity contribution in [2.75, 3.05) is 19.0 Å². The fourth-order valence-electron chi connectivity index (χ4n) is 2.34. The Bertz CT molecular complexity index is 485. The van der Waals surface area contributed by atoms with E-state index in [9.17, 15) is 14.0 Å². The topological polar surface area (TPSA) is 27.0 Å². The van der Waals surface area contributed by atoms with Crippen LogP contribution in [0.4, 0.5) is 14.5 Å².